The summed E-state index contributed by atoms with van der Waals surface area (Å²) in [7, 11) is 1.84. The van der Waals surface area contributed by atoms with Crippen molar-refractivity contribution < 1.29 is 9.72 Å². The van der Waals surface area contributed by atoms with Crippen LogP contribution in [-0.4, -0.2) is 24.4 Å². The van der Waals surface area contributed by atoms with Gasteiger partial charge in [0.2, 0.25) is 5.91 Å². The van der Waals surface area contributed by atoms with Crippen molar-refractivity contribution in [3.63, 3.8) is 0 Å². The molecule has 18 heavy (non-hydrogen) atoms. The molecule has 0 saturated carbocycles. The number of nitro benzene ring substituents is 1. The highest BCUT2D eigenvalue weighted by molar-refractivity contribution is 5.75. The topological polar surface area (TPSA) is 84.3 Å². The molecule has 2 N–H and O–H groups in total. The number of amides is 1. The monoisotopic (exact) mass is 251 g/mol. The Morgan fingerprint density at radius 2 is 2.00 bits per heavy atom. The van der Waals surface area contributed by atoms with Gasteiger partial charge in [-0.15, -0.1) is 0 Å². The Balaban J connectivity index is 2.34. The summed E-state index contributed by atoms with van der Waals surface area (Å²) >= 11 is 0. The molecule has 6 heteroatoms. The van der Waals surface area contributed by atoms with Crippen molar-refractivity contribution in [2.45, 2.75) is 19.4 Å². The molecule has 1 aromatic rings. The molecule has 0 aliphatic rings. The third-order valence-corrected chi connectivity index (χ3v) is 2.47. The number of non-ortho nitro benzene ring substituents is 1. The van der Waals surface area contributed by atoms with E-state index in [9.17, 15) is 14.9 Å². The Morgan fingerprint density at radius 1 is 1.33 bits per heavy atom. The van der Waals surface area contributed by atoms with Crippen LogP contribution in [-0.2, 0) is 11.3 Å². The molecule has 0 radical (unpaired) electrons. The van der Waals surface area contributed by atoms with Gasteiger partial charge in [0.15, 0.2) is 0 Å². The van der Waals surface area contributed by atoms with Gasteiger partial charge in [-0.2, -0.15) is 0 Å². The van der Waals surface area contributed by atoms with Crippen LogP contribution in [0.25, 0.3) is 0 Å². The molecule has 6 nitrogen and oxygen atoms in total. The lowest BCUT2D eigenvalue weighted by Crippen LogP contribution is -2.23. The van der Waals surface area contributed by atoms with Gasteiger partial charge in [-0.3, -0.25) is 14.9 Å². The van der Waals surface area contributed by atoms with E-state index in [4.69, 9.17) is 0 Å². The molecular formula is C12H17N3O3. The zero-order valence-electron chi connectivity index (χ0n) is 10.3. The van der Waals surface area contributed by atoms with E-state index in [1.54, 1.807) is 12.1 Å². The van der Waals surface area contributed by atoms with Gasteiger partial charge in [0.1, 0.15) is 0 Å². The van der Waals surface area contributed by atoms with Gasteiger partial charge in [-0.25, -0.2) is 0 Å². The standard InChI is InChI=1S/C12H17N3O3/c1-13-8-2-3-12(16)14-9-10-4-6-11(7-5-10)15(17)18/h4-7,13H,2-3,8-9H2,1H3,(H,14,16). The minimum absolute atomic E-state index is 0.0106. The average molecular weight is 251 g/mol. The first-order valence-electron chi connectivity index (χ1n) is 5.78. The van der Waals surface area contributed by atoms with E-state index in [1.165, 1.54) is 12.1 Å². The van der Waals surface area contributed by atoms with E-state index in [2.05, 4.69) is 10.6 Å². The predicted molar refractivity (Wildman–Crippen MR) is 68.1 cm³/mol. The number of nitrogens with one attached hydrogen (secondary N) is 2. The van der Waals surface area contributed by atoms with Crippen LogP contribution in [0.15, 0.2) is 24.3 Å². The average Bonchev–Trinajstić information content (AvgIpc) is 2.37. The zero-order chi connectivity index (χ0) is 13.4. The molecule has 0 aliphatic heterocycles. The number of nitrogens with zero attached hydrogens (tertiary/aromatic N) is 1. The highest BCUT2D eigenvalue weighted by Gasteiger charge is 2.05. The first kappa shape index (κ1) is 14.1. The highest BCUT2D eigenvalue weighted by atomic mass is 16.6. The number of carbonyl (C=O) groups excluding carboxylic acids is 1. The minimum Gasteiger partial charge on any atom is -0.352 e. The second-order valence-corrected chi connectivity index (χ2v) is 3.91. The quantitative estimate of drug-likeness (QED) is 0.433. The second-order valence-electron chi connectivity index (χ2n) is 3.91. The van der Waals surface area contributed by atoms with Crippen LogP contribution in [0.1, 0.15) is 18.4 Å². The van der Waals surface area contributed by atoms with Gasteiger partial charge in [-0.1, -0.05) is 12.1 Å². The van der Waals surface area contributed by atoms with E-state index in [1.807, 2.05) is 7.05 Å². The summed E-state index contributed by atoms with van der Waals surface area (Å²) in [6.45, 7) is 1.21. The first-order valence-corrected chi connectivity index (χ1v) is 5.78. The van der Waals surface area contributed by atoms with Crippen molar-refractivity contribution in [3.8, 4) is 0 Å². The third-order valence-electron chi connectivity index (χ3n) is 2.47. The molecule has 1 rings (SSSR count). The summed E-state index contributed by atoms with van der Waals surface area (Å²) in [6, 6.07) is 6.16. The zero-order valence-corrected chi connectivity index (χ0v) is 10.3. The highest BCUT2D eigenvalue weighted by Crippen LogP contribution is 2.11. The Hall–Kier alpha value is -1.95. The van der Waals surface area contributed by atoms with Crippen molar-refractivity contribution in [1.82, 2.24) is 10.6 Å². The van der Waals surface area contributed by atoms with Crippen molar-refractivity contribution >= 4 is 11.6 Å². The molecule has 0 spiro atoms. The van der Waals surface area contributed by atoms with Gasteiger partial charge >= 0.3 is 0 Å². The van der Waals surface area contributed by atoms with Gasteiger partial charge < -0.3 is 10.6 Å². The molecule has 0 atom stereocenters. The summed E-state index contributed by atoms with van der Waals surface area (Å²) < 4.78 is 0. The molecule has 0 fully saturated rings. The molecular weight excluding hydrogens is 234 g/mol. The maximum Gasteiger partial charge on any atom is 0.269 e. The van der Waals surface area contributed by atoms with Gasteiger partial charge in [0.25, 0.3) is 5.69 Å². The van der Waals surface area contributed by atoms with Crippen LogP contribution in [0.5, 0.6) is 0 Å². The number of hydrogen-bond donors (Lipinski definition) is 2. The van der Waals surface area contributed by atoms with Crippen LogP contribution in [0, 0.1) is 10.1 Å². The van der Waals surface area contributed by atoms with Crippen molar-refractivity contribution in [2.75, 3.05) is 13.6 Å². The van der Waals surface area contributed by atoms with E-state index in [-0.39, 0.29) is 11.6 Å². The van der Waals surface area contributed by atoms with Crippen LogP contribution < -0.4 is 10.6 Å². The Labute approximate surface area is 106 Å². The third kappa shape index (κ3) is 4.92. The van der Waals surface area contributed by atoms with E-state index in [0.29, 0.717) is 13.0 Å². The number of hydrogen-bond acceptors (Lipinski definition) is 4. The Kier molecular flexibility index (Phi) is 5.79. The predicted octanol–water partition coefficient (Wildman–Crippen LogP) is 1.21. The van der Waals surface area contributed by atoms with E-state index >= 15 is 0 Å². The molecule has 0 unspecified atom stereocenters. The summed E-state index contributed by atoms with van der Waals surface area (Å²) in [5, 5.41) is 16.2. The van der Waals surface area contributed by atoms with E-state index < -0.39 is 4.92 Å². The molecule has 0 heterocycles. The fourth-order valence-electron chi connectivity index (χ4n) is 1.45. The molecule has 0 aliphatic carbocycles. The number of rotatable bonds is 7. The lowest BCUT2D eigenvalue weighted by molar-refractivity contribution is -0.384. The summed E-state index contributed by atoms with van der Waals surface area (Å²) in [5.41, 5.74) is 0.904. The van der Waals surface area contributed by atoms with Gasteiger partial charge in [-0.05, 0) is 25.6 Å². The maximum absolute atomic E-state index is 11.4. The molecule has 98 valence electrons. The van der Waals surface area contributed by atoms with Crippen LogP contribution in [0.2, 0.25) is 0 Å². The van der Waals surface area contributed by atoms with Crippen molar-refractivity contribution in [3.05, 3.63) is 39.9 Å². The number of nitro groups is 1. The SMILES string of the molecule is CNCCCC(=O)NCc1ccc([N+](=O)[O-])cc1. The molecule has 0 aromatic heterocycles. The second kappa shape index (κ2) is 7.39. The fourth-order valence-corrected chi connectivity index (χ4v) is 1.45. The lowest BCUT2D eigenvalue weighted by atomic mass is 10.2. The Morgan fingerprint density at radius 3 is 2.56 bits per heavy atom. The molecule has 1 aromatic carbocycles. The number of benzene rings is 1. The molecule has 0 saturated heterocycles. The lowest BCUT2D eigenvalue weighted by Gasteiger charge is -2.05. The minimum atomic E-state index is -0.444. The molecule has 1 amide bonds. The van der Waals surface area contributed by atoms with Crippen LogP contribution in [0.3, 0.4) is 0 Å². The van der Waals surface area contributed by atoms with Crippen molar-refractivity contribution in [1.29, 1.82) is 0 Å². The fraction of sp³-hybridized carbons (Fsp3) is 0.417. The van der Waals surface area contributed by atoms with Crippen molar-refractivity contribution in [2.24, 2.45) is 0 Å². The van der Waals surface area contributed by atoms with Gasteiger partial charge in [0, 0.05) is 25.1 Å². The summed E-state index contributed by atoms with van der Waals surface area (Å²) in [6.07, 6.45) is 1.27. The summed E-state index contributed by atoms with van der Waals surface area (Å²) in [4.78, 5) is 21.4. The van der Waals surface area contributed by atoms with Crippen LogP contribution >= 0.6 is 0 Å². The van der Waals surface area contributed by atoms with Crippen LogP contribution in [0.4, 0.5) is 5.69 Å². The summed E-state index contributed by atoms with van der Waals surface area (Å²) in [5.74, 6) is -0.0106. The largest absolute Gasteiger partial charge is 0.352 e. The molecule has 0 bridgehead atoms. The first-order chi connectivity index (χ1) is 8.63. The normalized spacial score (nSPS) is 10.1. The van der Waals surface area contributed by atoms with E-state index in [0.717, 1.165) is 18.5 Å². The smallest absolute Gasteiger partial charge is 0.269 e. The van der Waals surface area contributed by atoms with Gasteiger partial charge in [0.05, 0.1) is 4.92 Å². The Bertz CT molecular complexity index is 404. The maximum atomic E-state index is 11.4. The number of carbonyl (C=O) groups is 1.